The Morgan fingerprint density at radius 2 is 1.83 bits per heavy atom. The molecule has 0 spiro atoms. The van der Waals surface area contributed by atoms with Crippen molar-refractivity contribution in [2.45, 2.75) is 38.8 Å². The summed E-state index contributed by atoms with van der Waals surface area (Å²) in [6, 6.07) is 6.66. The van der Waals surface area contributed by atoms with Crippen molar-refractivity contribution < 1.29 is 28.7 Å². The number of esters is 1. The zero-order valence-electron chi connectivity index (χ0n) is 17.2. The SMILES string of the molecule is CCC1(CC)NC(=O)N(CC(=O)OCC(=O)N(C)Cc2ccccc2OC)C1=O. The fraction of sp³-hybridized carbons (Fsp3) is 0.500. The van der Waals surface area contributed by atoms with Gasteiger partial charge in [-0.25, -0.2) is 4.79 Å². The predicted molar refractivity (Wildman–Crippen MR) is 104 cm³/mol. The maximum atomic E-state index is 12.5. The van der Waals surface area contributed by atoms with E-state index in [4.69, 9.17) is 9.47 Å². The van der Waals surface area contributed by atoms with Gasteiger partial charge in [0.2, 0.25) is 0 Å². The average Bonchev–Trinajstić information content (AvgIpc) is 2.96. The molecule has 0 bridgehead atoms. The molecule has 1 aromatic rings. The Kier molecular flexibility index (Phi) is 7.19. The van der Waals surface area contributed by atoms with Crippen LogP contribution in [0.5, 0.6) is 5.75 Å². The van der Waals surface area contributed by atoms with Crippen molar-refractivity contribution in [3.05, 3.63) is 29.8 Å². The average molecular weight is 405 g/mol. The van der Waals surface area contributed by atoms with Crippen LogP contribution in [0.3, 0.4) is 0 Å². The van der Waals surface area contributed by atoms with Crippen molar-refractivity contribution >= 4 is 23.8 Å². The summed E-state index contributed by atoms with van der Waals surface area (Å²) in [4.78, 5) is 51.1. The standard InChI is InChI=1S/C20H27N3O6/c1-5-20(6-2)18(26)23(19(27)21-20)12-17(25)29-13-16(24)22(3)11-14-9-7-8-10-15(14)28-4/h7-10H,5-6,11-13H2,1-4H3,(H,21,27). The number of ether oxygens (including phenoxy) is 2. The van der Waals surface area contributed by atoms with Crippen LogP contribution < -0.4 is 10.1 Å². The number of para-hydroxylation sites is 1. The fourth-order valence-electron chi connectivity index (χ4n) is 3.15. The van der Waals surface area contributed by atoms with E-state index in [0.29, 0.717) is 18.6 Å². The number of methoxy groups -OCH3 is 1. The number of nitrogens with one attached hydrogen (secondary N) is 1. The Morgan fingerprint density at radius 1 is 1.17 bits per heavy atom. The highest BCUT2D eigenvalue weighted by Gasteiger charge is 2.49. The number of likely N-dealkylation sites (N-methyl/N-ethyl adjacent to an activating group) is 1. The van der Waals surface area contributed by atoms with E-state index in [1.54, 1.807) is 34.1 Å². The molecule has 1 N–H and O–H groups in total. The topological polar surface area (TPSA) is 105 Å². The van der Waals surface area contributed by atoms with Gasteiger partial charge in [0.05, 0.1) is 7.11 Å². The molecule has 0 aliphatic carbocycles. The number of rotatable bonds is 9. The number of amides is 4. The van der Waals surface area contributed by atoms with E-state index >= 15 is 0 Å². The minimum atomic E-state index is -0.984. The van der Waals surface area contributed by atoms with Crippen LogP contribution in [0.15, 0.2) is 24.3 Å². The minimum Gasteiger partial charge on any atom is -0.496 e. The summed E-state index contributed by atoms with van der Waals surface area (Å²) in [6.45, 7) is 2.85. The van der Waals surface area contributed by atoms with E-state index < -0.39 is 42.5 Å². The number of imide groups is 1. The molecule has 4 amide bonds. The second-order valence-electron chi connectivity index (χ2n) is 6.83. The molecule has 1 aromatic carbocycles. The van der Waals surface area contributed by atoms with E-state index in [0.717, 1.165) is 10.5 Å². The molecule has 9 nitrogen and oxygen atoms in total. The maximum Gasteiger partial charge on any atom is 0.326 e. The van der Waals surface area contributed by atoms with E-state index in [9.17, 15) is 19.2 Å². The number of hydrogen-bond donors (Lipinski definition) is 1. The lowest BCUT2D eigenvalue weighted by Crippen LogP contribution is -2.46. The van der Waals surface area contributed by atoms with Crippen molar-refractivity contribution in [2.24, 2.45) is 0 Å². The highest BCUT2D eigenvalue weighted by molar-refractivity contribution is 6.08. The number of hydrogen-bond acceptors (Lipinski definition) is 6. The van der Waals surface area contributed by atoms with E-state index in [1.807, 2.05) is 18.2 Å². The van der Waals surface area contributed by atoms with Gasteiger partial charge in [0, 0.05) is 19.2 Å². The Hall–Kier alpha value is -3.10. The molecule has 0 atom stereocenters. The van der Waals surface area contributed by atoms with Crippen LogP contribution in [0, 0.1) is 0 Å². The summed E-state index contributed by atoms with van der Waals surface area (Å²) in [5.41, 5.74) is -0.172. The molecular formula is C20H27N3O6. The van der Waals surface area contributed by atoms with Gasteiger partial charge in [0.1, 0.15) is 17.8 Å². The zero-order valence-corrected chi connectivity index (χ0v) is 17.2. The van der Waals surface area contributed by atoms with Crippen LogP contribution >= 0.6 is 0 Å². The Labute approximate surface area is 169 Å². The predicted octanol–water partition coefficient (Wildman–Crippen LogP) is 1.31. The summed E-state index contributed by atoms with van der Waals surface area (Å²) in [6.07, 6.45) is 0.845. The maximum absolute atomic E-state index is 12.5. The van der Waals surface area contributed by atoms with Gasteiger partial charge in [-0.3, -0.25) is 19.3 Å². The van der Waals surface area contributed by atoms with Crippen molar-refractivity contribution in [3.63, 3.8) is 0 Å². The normalized spacial score (nSPS) is 15.1. The largest absolute Gasteiger partial charge is 0.496 e. The third kappa shape index (κ3) is 4.85. The fourth-order valence-corrected chi connectivity index (χ4v) is 3.15. The number of urea groups is 1. The van der Waals surface area contributed by atoms with Crippen molar-refractivity contribution in [1.82, 2.24) is 15.1 Å². The minimum absolute atomic E-state index is 0.281. The summed E-state index contributed by atoms with van der Waals surface area (Å²) < 4.78 is 10.2. The molecule has 29 heavy (non-hydrogen) atoms. The summed E-state index contributed by atoms with van der Waals surface area (Å²) >= 11 is 0. The monoisotopic (exact) mass is 405 g/mol. The summed E-state index contributed by atoms with van der Waals surface area (Å²) in [5, 5.41) is 2.64. The molecule has 1 fully saturated rings. The smallest absolute Gasteiger partial charge is 0.326 e. The molecule has 1 saturated heterocycles. The third-order valence-corrected chi connectivity index (χ3v) is 5.12. The van der Waals surface area contributed by atoms with Crippen LogP contribution in [0.4, 0.5) is 4.79 Å². The molecule has 0 radical (unpaired) electrons. The lowest BCUT2D eigenvalue weighted by molar-refractivity contribution is -0.153. The Bertz CT molecular complexity index is 790. The van der Waals surface area contributed by atoms with E-state index in [-0.39, 0.29) is 6.54 Å². The number of carbonyl (C=O) groups excluding carboxylic acids is 4. The first-order valence-electron chi connectivity index (χ1n) is 9.43. The van der Waals surface area contributed by atoms with Crippen LogP contribution in [0.2, 0.25) is 0 Å². The number of carbonyl (C=O) groups is 4. The number of nitrogens with zero attached hydrogens (tertiary/aromatic N) is 2. The molecule has 1 heterocycles. The van der Waals surface area contributed by atoms with Crippen LogP contribution in [0.25, 0.3) is 0 Å². The third-order valence-electron chi connectivity index (χ3n) is 5.12. The van der Waals surface area contributed by atoms with Crippen LogP contribution in [-0.2, 0) is 25.7 Å². The van der Waals surface area contributed by atoms with Gasteiger partial charge in [-0.15, -0.1) is 0 Å². The molecule has 2 rings (SSSR count). The van der Waals surface area contributed by atoms with Crippen molar-refractivity contribution in [2.75, 3.05) is 27.3 Å². The van der Waals surface area contributed by atoms with Gasteiger partial charge in [0.15, 0.2) is 6.61 Å². The van der Waals surface area contributed by atoms with Crippen LogP contribution in [0.1, 0.15) is 32.3 Å². The highest BCUT2D eigenvalue weighted by atomic mass is 16.5. The first-order valence-corrected chi connectivity index (χ1v) is 9.43. The molecule has 0 aromatic heterocycles. The van der Waals surface area contributed by atoms with Gasteiger partial charge in [-0.2, -0.15) is 0 Å². The first-order chi connectivity index (χ1) is 13.8. The van der Waals surface area contributed by atoms with Gasteiger partial charge in [-0.05, 0) is 18.9 Å². The molecule has 0 saturated carbocycles. The lowest BCUT2D eigenvalue weighted by Gasteiger charge is -2.23. The summed E-state index contributed by atoms with van der Waals surface area (Å²) in [5.74, 6) is -1.05. The highest BCUT2D eigenvalue weighted by Crippen LogP contribution is 2.24. The first kappa shape index (κ1) is 22.2. The van der Waals surface area contributed by atoms with Crippen LogP contribution in [-0.4, -0.2) is 66.5 Å². The van der Waals surface area contributed by atoms with Gasteiger partial charge in [-0.1, -0.05) is 32.0 Å². The molecule has 0 unspecified atom stereocenters. The molecule has 1 aliphatic rings. The van der Waals surface area contributed by atoms with Gasteiger partial charge >= 0.3 is 12.0 Å². The quantitative estimate of drug-likeness (QED) is 0.491. The molecule has 1 aliphatic heterocycles. The zero-order chi connectivity index (χ0) is 21.6. The number of benzene rings is 1. The van der Waals surface area contributed by atoms with Gasteiger partial charge in [0.25, 0.3) is 11.8 Å². The summed E-state index contributed by atoms with van der Waals surface area (Å²) in [7, 11) is 3.13. The molecule has 9 heteroatoms. The second-order valence-corrected chi connectivity index (χ2v) is 6.83. The molecular weight excluding hydrogens is 378 g/mol. The lowest BCUT2D eigenvalue weighted by atomic mass is 9.93. The molecule has 158 valence electrons. The Morgan fingerprint density at radius 3 is 2.41 bits per heavy atom. The van der Waals surface area contributed by atoms with Gasteiger partial charge < -0.3 is 19.7 Å². The van der Waals surface area contributed by atoms with Crippen molar-refractivity contribution in [3.8, 4) is 5.75 Å². The Balaban J connectivity index is 1.88. The van der Waals surface area contributed by atoms with E-state index in [1.165, 1.54) is 4.90 Å². The van der Waals surface area contributed by atoms with Crippen molar-refractivity contribution in [1.29, 1.82) is 0 Å². The second kappa shape index (κ2) is 9.40. The van der Waals surface area contributed by atoms with E-state index in [2.05, 4.69) is 5.32 Å².